The third-order valence-electron chi connectivity index (χ3n) is 7.96. The Morgan fingerprint density at radius 3 is 2.74 bits per heavy atom. The Labute approximate surface area is 228 Å². The van der Waals surface area contributed by atoms with Crippen LogP contribution in [0.5, 0.6) is 5.75 Å². The lowest BCUT2D eigenvalue weighted by Crippen LogP contribution is -2.40. The van der Waals surface area contributed by atoms with E-state index >= 15 is 0 Å². The lowest BCUT2D eigenvalue weighted by molar-refractivity contribution is -0.118. The number of H-pyrrole nitrogens is 1. The molecule has 200 valence electrons. The zero-order valence-corrected chi connectivity index (χ0v) is 22.4. The van der Waals surface area contributed by atoms with Gasteiger partial charge in [0.25, 0.3) is 0 Å². The number of methoxy groups -OCH3 is 1. The molecule has 2 aliphatic heterocycles. The van der Waals surface area contributed by atoms with Crippen LogP contribution in [-0.2, 0) is 20.0 Å². The highest BCUT2D eigenvalue weighted by atomic mass is 35.5. The molecule has 2 aromatic carbocycles. The number of halogens is 1. The van der Waals surface area contributed by atoms with Gasteiger partial charge < -0.3 is 20.3 Å². The number of rotatable bonds is 5. The average molecular weight is 566 g/mol. The van der Waals surface area contributed by atoms with Crippen molar-refractivity contribution in [2.24, 2.45) is 0 Å². The first-order valence-electron chi connectivity index (χ1n) is 12.5. The van der Waals surface area contributed by atoms with Crippen molar-refractivity contribution >= 4 is 61.4 Å². The predicted octanol–water partition coefficient (Wildman–Crippen LogP) is 3.37. The number of nitrogens with zero attached hydrogens (tertiary/aromatic N) is 4. The highest BCUT2D eigenvalue weighted by Crippen LogP contribution is 2.65. The molecule has 13 heteroatoms. The molecule has 0 unspecified atom stereocenters. The molecule has 7 rings (SSSR count). The van der Waals surface area contributed by atoms with Crippen molar-refractivity contribution < 1.29 is 17.9 Å². The van der Waals surface area contributed by atoms with Gasteiger partial charge >= 0.3 is 0 Å². The average Bonchev–Trinajstić information content (AvgIpc) is 3.48. The normalized spacial score (nSPS) is 23.1. The highest BCUT2D eigenvalue weighted by Gasteiger charge is 2.65. The van der Waals surface area contributed by atoms with Gasteiger partial charge in [-0.2, -0.15) is 5.10 Å². The van der Waals surface area contributed by atoms with Crippen LogP contribution >= 0.6 is 11.6 Å². The molecule has 0 bridgehead atoms. The molecule has 11 nitrogen and oxygen atoms in total. The van der Waals surface area contributed by atoms with E-state index in [0.717, 1.165) is 39.9 Å². The van der Waals surface area contributed by atoms with Gasteiger partial charge in [-0.1, -0.05) is 17.7 Å². The lowest BCUT2D eigenvalue weighted by atomic mass is 9.91. The summed E-state index contributed by atoms with van der Waals surface area (Å²) >= 11 is 6.64. The van der Waals surface area contributed by atoms with Crippen molar-refractivity contribution in [1.82, 2.24) is 20.2 Å². The van der Waals surface area contributed by atoms with Crippen LogP contribution in [0.25, 0.3) is 10.9 Å². The predicted molar refractivity (Wildman–Crippen MR) is 148 cm³/mol. The van der Waals surface area contributed by atoms with Crippen LogP contribution in [0.1, 0.15) is 23.5 Å². The molecule has 2 fully saturated rings. The number of carbonyl (C=O) groups excluding carboxylic acids is 1. The van der Waals surface area contributed by atoms with E-state index in [1.54, 1.807) is 7.11 Å². The molecule has 39 heavy (non-hydrogen) atoms. The fourth-order valence-electron chi connectivity index (χ4n) is 5.75. The summed E-state index contributed by atoms with van der Waals surface area (Å²) in [6, 6.07) is 11.7. The maximum Gasteiger partial charge on any atom is 0.235 e. The van der Waals surface area contributed by atoms with E-state index in [0.29, 0.717) is 35.6 Å². The largest absolute Gasteiger partial charge is 0.497 e. The smallest absolute Gasteiger partial charge is 0.235 e. The zero-order chi connectivity index (χ0) is 26.9. The number of amides is 1. The quantitative estimate of drug-likeness (QED) is 0.332. The molecular formula is C26H24ClN7O4S. The van der Waals surface area contributed by atoms with Crippen LogP contribution in [-0.4, -0.2) is 66.2 Å². The van der Waals surface area contributed by atoms with Crippen LogP contribution in [0, 0.1) is 0 Å². The second kappa shape index (κ2) is 8.55. The van der Waals surface area contributed by atoms with Gasteiger partial charge in [0.1, 0.15) is 17.1 Å². The van der Waals surface area contributed by atoms with Crippen molar-refractivity contribution in [2.75, 3.05) is 47.2 Å². The summed E-state index contributed by atoms with van der Waals surface area (Å²) in [4.78, 5) is 23.5. The number of aromatic amines is 1. The molecule has 3 aliphatic rings. The molecular weight excluding hydrogens is 542 g/mol. The van der Waals surface area contributed by atoms with Crippen LogP contribution in [0.4, 0.5) is 23.1 Å². The SMILES string of the molecule is COc1ccc2c(c1)[C@]1(C[C@H]1c1ccc3c(Nc4ncnc(N5CCS(=O)(=O)CC5)c4Cl)n[nH]c3c1)C(=O)N2. The number of anilines is 4. The van der Waals surface area contributed by atoms with E-state index in [-0.39, 0.29) is 23.3 Å². The first-order chi connectivity index (χ1) is 18.8. The molecule has 1 aliphatic carbocycles. The zero-order valence-electron chi connectivity index (χ0n) is 20.9. The van der Waals surface area contributed by atoms with Crippen LogP contribution < -0.4 is 20.3 Å². The molecule has 1 spiro atoms. The Kier molecular flexibility index (Phi) is 5.30. The Bertz CT molecular complexity index is 1760. The number of sulfone groups is 1. The monoisotopic (exact) mass is 565 g/mol. The Hall–Kier alpha value is -3.90. The Balaban J connectivity index is 1.15. The van der Waals surface area contributed by atoms with Crippen molar-refractivity contribution in [3.05, 3.63) is 58.9 Å². The molecule has 4 aromatic rings. The fraction of sp³-hybridized carbons (Fsp3) is 0.308. The molecule has 1 amide bonds. The highest BCUT2D eigenvalue weighted by molar-refractivity contribution is 7.91. The lowest BCUT2D eigenvalue weighted by Gasteiger charge is -2.28. The van der Waals surface area contributed by atoms with Gasteiger partial charge in [-0.25, -0.2) is 18.4 Å². The van der Waals surface area contributed by atoms with Crippen molar-refractivity contribution in [2.45, 2.75) is 17.8 Å². The minimum absolute atomic E-state index is 0.0170. The molecule has 1 saturated heterocycles. The van der Waals surface area contributed by atoms with Crippen LogP contribution in [0.2, 0.25) is 5.02 Å². The summed E-state index contributed by atoms with van der Waals surface area (Å²) < 4.78 is 29.0. The van der Waals surface area contributed by atoms with Gasteiger partial charge in [-0.05, 0) is 47.9 Å². The number of ether oxygens (including phenoxy) is 1. The summed E-state index contributed by atoms with van der Waals surface area (Å²) in [5.74, 6) is 2.32. The minimum Gasteiger partial charge on any atom is -0.497 e. The molecule has 0 radical (unpaired) electrons. The maximum atomic E-state index is 13.0. The number of carbonyl (C=O) groups is 1. The topological polar surface area (TPSA) is 142 Å². The van der Waals surface area contributed by atoms with Crippen molar-refractivity contribution in [3.63, 3.8) is 0 Å². The third kappa shape index (κ3) is 3.80. The van der Waals surface area contributed by atoms with Crippen molar-refractivity contribution in [1.29, 1.82) is 0 Å². The number of hydrogen-bond donors (Lipinski definition) is 3. The van der Waals surface area contributed by atoms with Gasteiger partial charge in [0, 0.05) is 30.1 Å². The van der Waals surface area contributed by atoms with Crippen LogP contribution in [0.3, 0.4) is 0 Å². The summed E-state index contributed by atoms with van der Waals surface area (Å²) in [5, 5.41) is 14.9. The summed E-state index contributed by atoms with van der Waals surface area (Å²) in [7, 11) is -1.41. The van der Waals surface area contributed by atoms with E-state index in [1.807, 2.05) is 41.3 Å². The first kappa shape index (κ1) is 24.2. The second-order valence-electron chi connectivity index (χ2n) is 10.1. The van der Waals surface area contributed by atoms with E-state index in [2.05, 4.69) is 30.8 Å². The fourth-order valence-corrected chi connectivity index (χ4v) is 7.22. The van der Waals surface area contributed by atoms with E-state index in [4.69, 9.17) is 16.3 Å². The summed E-state index contributed by atoms with van der Waals surface area (Å²) in [6.45, 7) is 0.648. The molecule has 3 N–H and O–H groups in total. The summed E-state index contributed by atoms with van der Waals surface area (Å²) in [6.07, 6.45) is 2.12. The minimum atomic E-state index is -3.03. The van der Waals surface area contributed by atoms with Gasteiger partial charge in [-0.15, -0.1) is 0 Å². The molecule has 4 heterocycles. The summed E-state index contributed by atoms with van der Waals surface area (Å²) in [5.41, 5.74) is 3.09. The second-order valence-corrected chi connectivity index (χ2v) is 12.8. The number of aromatic nitrogens is 4. The maximum absolute atomic E-state index is 13.0. The third-order valence-corrected chi connectivity index (χ3v) is 9.92. The standard InChI is InChI=1S/C26H24ClN7O4S/c1-38-15-3-5-19-17(11-15)26(25(35)30-19)12-18(26)14-2-4-16-20(10-14)32-33-22(16)31-23-21(27)24(29-13-28-23)34-6-8-39(36,37)9-7-34/h2-5,10-11,13,18H,6-9,12H2,1H3,(H,30,35)(H2,28,29,31,32,33)/t18-,26-/m0/s1. The molecule has 2 atom stereocenters. The van der Waals surface area contributed by atoms with E-state index in [9.17, 15) is 13.2 Å². The number of fused-ring (bicyclic) bond motifs is 3. The van der Waals surface area contributed by atoms with E-state index in [1.165, 1.54) is 6.33 Å². The van der Waals surface area contributed by atoms with Crippen LogP contribution in [0.15, 0.2) is 42.7 Å². The molecule has 1 saturated carbocycles. The Morgan fingerprint density at radius 1 is 1.13 bits per heavy atom. The van der Waals surface area contributed by atoms with Gasteiger partial charge in [0.15, 0.2) is 27.3 Å². The number of hydrogen-bond acceptors (Lipinski definition) is 9. The van der Waals surface area contributed by atoms with Gasteiger partial charge in [0.05, 0.1) is 29.5 Å². The van der Waals surface area contributed by atoms with Gasteiger partial charge in [-0.3, -0.25) is 9.89 Å². The molecule has 2 aromatic heterocycles. The first-order valence-corrected chi connectivity index (χ1v) is 14.7. The van der Waals surface area contributed by atoms with Gasteiger partial charge in [0.2, 0.25) is 5.91 Å². The van der Waals surface area contributed by atoms with Crippen molar-refractivity contribution in [3.8, 4) is 5.75 Å². The number of benzene rings is 2. The van der Waals surface area contributed by atoms with E-state index < -0.39 is 15.3 Å². The number of nitrogens with one attached hydrogen (secondary N) is 3. The Morgan fingerprint density at radius 2 is 1.95 bits per heavy atom.